The quantitative estimate of drug-likeness (QED) is 0.817. The number of halogens is 1. The lowest BCUT2D eigenvalue weighted by atomic mass is 9.95. The molecule has 1 saturated carbocycles. The molecule has 0 spiro atoms. The van der Waals surface area contributed by atoms with E-state index in [1.807, 2.05) is 25.1 Å². The lowest BCUT2D eigenvalue weighted by molar-refractivity contribution is 0.102. The van der Waals surface area contributed by atoms with Crippen molar-refractivity contribution in [2.75, 3.05) is 10.6 Å². The first-order valence-electron chi connectivity index (χ1n) is 8.42. The molecule has 5 heteroatoms. The Morgan fingerprint density at radius 2 is 1.88 bits per heavy atom. The molecule has 0 saturated heterocycles. The summed E-state index contributed by atoms with van der Waals surface area (Å²) in [6.45, 7) is 1.92. The van der Waals surface area contributed by atoms with Gasteiger partial charge in [-0.2, -0.15) is 0 Å². The number of amides is 1. The minimum Gasteiger partial charge on any atom is -0.381 e. The lowest BCUT2D eigenvalue weighted by Gasteiger charge is -2.23. The van der Waals surface area contributed by atoms with Gasteiger partial charge >= 0.3 is 0 Å². The van der Waals surface area contributed by atoms with Crippen LogP contribution in [0.3, 0.4) is 0 Å². The number of aromatic nitrogens is 1. The maximum Gasteiger partial charge on any atom is 0.274 e. The highest BCUT2D eigenvalue weighted by molar-refractivity contribution is 6.31. The molecule has 0 unspecified atom stereocenters. The fraction of sp³-hybridized carbons (Fsp3) is 0.368. The number of pyridine rings is 1. The summed E-state index contributed by atoms with van der Waals surface area (Å²) in [5, 5.41) is 6.95. The van der Waals surface area contributed by atoms with E-state index in [1.54, 1.807) is 18.3 Å². The van der Waals surface area contributed by atoms with Gasteiger partial charge in [0.05, 0.1) is 11.9 Å². The van der Waals surface area contributed by atoms with Crippen LogP contribution in [0.5, 0.6) is 0 Å². The van der Waals surface area contributed by atoms with Crippen molar-refractivity contribution in [1.29, 1.82) is 0 Å². The highest BCUT2D eigenvalue weighted by Gasteiger charge is 2.14. The lowest BCUT2D eigenvalue weighted by Crippen LogP contribution is -2.22. The van der Waals surface area contributed by atoms with Crippen LogP contribution < -0.4 is 10.6 Å². The van der Waals surface area contributed by atoms with E-state index in [1.165, 1.54) is 32.1 Å². The Kier molecular flexibility index (Phi) is 5.36. The van der Waals surface area contributed by atoms with E-state index in [0.29, 0.717) is 22.4 Å². The average molecular weight is 344 g/mol. The summed E-state index contributed by atoms with van der Waals surface area (Å²) < 4.78 is 0. The predicted molar refractivity (Wildman–Crippen MR) is 98.9 cm³/mol. The first kappa shape index (κ1) is 16.8. The van der Waals surface area contributed by atoms with Gasteiger partial charge in [-0.1, -0.05) is 36.9 Å². The summed E-state index contributed by atoms with van der Waals surface area (Å²) in [4.78, 5) is 16.5. The van der Waals surface area contributed by atoms with Gasteiger partial charge in [0, 0.05) is 16.8 Å². The van der Waals surface area contributed by atoms with Gasteiger partial charge in [-0.25, -0.2) is 4.98 Å². The Hall–Kier alpha value is -2.07. The highest BCUT2D eigenvalue weighted by Crippen LogP contribution is 2.22. The Balaban J connectivity index is 1.61. The summed E-state index contributed by atoms with van der Waals surface area (Å²) >= 11 is 6.08. The third-order valence-corrected chi connectivity index (χ3v) is 4.81. The van der Waals surface area contributed by atoms with Crippen LogP contribution in [0.25, 0.3) is 0 Å². The summed E-state index contributed by atoms with van der Waals surface area (Å²) in [7, 11) is 0. The fourth-order valence-electron chi connectivity index (χ4n) is 2.96. The number of anilines is 2. The molecule has 1 amide bonds. The molecule has 1 heterocycles. The minimum atomic E-state index is -0.237. The van der Waals surface area contributed by atoms with Gasteiger partial charge in [-0.3, -0.25) is 4.79 Å². The topological polar surface area (TPSA) is 54.0 Å². The summed E-state index contributed by atoms with van der Waals surface area (Å²) in [6, 6.07) is 9.64. The standard InChI is InChI=1S/C19H22ClN3O/c1-13-7-8-15(11-17(13)20)23-19(24)18-10-9-16(12-21-18)22-14-5-3-2-4-6-14/h7-12,14,22H,2-6H2,1H3,(H,23,24). The smallest absolute Gasteiger partial charge is 0.274 e. The van der Waals surface area contributed by atoms with Gasteiger partial charge in [-0.15, -0.1) is 0 Å². The van der Waals surface area contributed by atoms with Gasteiger partial charge in [0.2, 0.25) is 0 Å². The van der Waals surface area contributed by atoms with Crippen molar-refractivity contribution >= 4 is 28.9 Å². The third-order valence-electron chi connectivity index (χ3n) is 4.40. The molecule has 24 heavy (non-hydrogen) atoms. The van der Waals surface area contributed by atoms with Crippen molar-refractivity contribution in [3.05, 3.63) is 52.8 Å². The Labute approximate surface area is 147 Å². The Bertz CT molecular complexity index is 709. The Morgan fingerprint density at radius 1 is 1.12 bits per heavy atom. The number of hydrogen-bond donors (Lipinski definition) is 2. The first-order chi connectivity index (χ1) is 11.6. The zero-order valence-corrected chi connectivity index (χ0v) is 14.6. The Morgan fingerprint density at radius 3 is 2.54 bits per heavy atom. The normalized spacial score (nSPS) is 15.1. The second kappa shape index (κ2) is 7.67. The first-order valence-corrected chi connectivity index (χ1v) is 8.80. The second-order valence-corrected chi connectivity index (χ2v) is 6.74. The molecule has 1 fully saturated rings. The van der Waals surface area contributed by atoms with E-state index >= 15 is 0 Å². The number of aryl methyl sites for hydroxylation is 1. The number of nitrogens with one attached hydrogen (secondary N) is 2. The number of hydrogen-bond acceptors (Lipinski definition) is 3. The summed E-state index contributed by atoms with van der Waals surface area (Å²) in [5.74, 6) is -0.237. The zero-order chi connectivity index (χ0) is 16.9. The van der Waals surface area contributed by atoms with Crippen LogP contribution in [-0.2, 0) is 0 Å². The summed E-state index contributed by atoms with van der Waals surface area (Å²) in [6.07, 6.45) is 8.03. The van der Waals surface area contributed by atoms with Gasteiger partial charge < -0.3 is 10.6 Å². The highest BCUT2D eigenvalue weighted by atomic mass is 35.5. The predicted octanol–water partition coefficient (Wildman–Crippen LogP) is 5.04. The van der Waals surface area contributed by atoms with Crippen LogP contribution in [0.15, 0.2) is 36.5 Å². The molecule has 1 aliphatic rings. The van der Waals surface area contributed by atoms with Gasteiger partial charge in [0.25, 0.3) is 5.91 Å². The van der Waals surface area contributed by atoms with Crippen molar-refractivity contribution in [2.24, 2.45) is 0 Å². The third kappa shape index (κ3) is 4.26. The molecule has 1 aliphatic carbocycles. The molecular weight excluding hydrogens is 322 g/mol. The molecule has 126 valence electrons. The van der Waals surface area contributed by atoms with Crippen LogP contribution in [0.4, 0.5) is 11.4 Å². The molecule has 2 aromatic rings. The largest absolute Gasteiger partial charge is 0.381 e. The summed E-state index contributed by atoms with van der Waals surface area (Å²) in [5.41, 5.74) is 3.01. The molecule has 3 rings (SSSR count). The van der Waals surface area contributed by atoms with Crippen LogP contribution in [0.1, 0.15) is 48.2 Å². The zero-order valence-electron chi connectivity index (χ0n) is 13.8. The van der Waals surface area contributed by atoms with Crippen molar-refractivity contribution < 1.29 is 4.79 Å². The molecule has 0 radical (unpaired) electrons. The molecule has 2 N–H and O–H groups in total. The van der Waals surface area contributed by atoms with Gasteiger partial charge in [-0.05, 0) is 49.6 Å². The van der Waals surface area contributed by atoms with E-state index < -0.39 is 0 Å². The van der Waals surface area contributed by atoms with Crippen molar-refractivity contribution in [3.8, 4) is 0 Å². The maximum absolute atomic E-state index is 12.3. The fourth-order valence-corrected chi connectivity index (χ4v) is 3.14. The van der Waals surface area contributed by atoms with Gasteiger partial charge in [0.15, 0.2) is 0 Å². The molecule has 0 atom stereocenters. The number of nitrogens with zero attached hydrogens (tertiary/aromatic N) is 1. The monoisotopic (exact) mass is 343 g/mol. The van der Waals surface area contributed by atoms with E-state index in [2.05, 4.69) is 15.6 Å². The van der Waals surface area contributed by atoms with Crippen LogP contribution in [0.2, 0.25) is 5.02 Å². The minimum absolute atomic E-state index is 0.237. The number of benzene rings is 1. The average Bonchev–Trinajstić information content (AvgIpc) is 2.60. The van der Waals surface area contributed by atoms with E-state index in [-0.39, 0.29) is 5.91 Å². The van der Waals surface area contributed by atoms with E-state index in [0.717, 1.165) is 11.3 Å². The number of carbonyl (C=O) groups excluding carboxylic acids is 1. The van der Waals surface area contributed by atoms with Crippen LogP contribution >= 0.6 is 11.6 Å². The number of rotatable bonds is 4. The molecule has 0 bridgehead atoms. The molecular formula is C19H22ClN3O. The van der Waals surface area contributed by atoms with Gasteiger partial charge in [0.1, 0.15) is 5.69 Å². The van der Waals surface area contributed by atoms with E-state index in [9.17, 15) is 4.79 Å². The van der Waals surface area contributed by atoms with Crippen LogP contribution in [-0.4, -0.2) is 16.9 Å². The van der Waals surface area contributed by atoms with Crippen LogP contribution in [0, 0.1) is 6.92 Å². The second-order valence-electron chi connectivity index (χ2n) is 6.33. The molecule has 1 aromatic heterocycles. The number of carbonyl (C=O) groups is 1. The van der Waals surface area contributed by atoms with Crippen molar-refractivity contribution in [1.82, 2.24) is 4.98 Å². The molecule has 1 aromatic carbocycles. The van der Waals surface area contributed by atoms with Crippen molar-refractivity contribution in [2.45, 2.75) is 45.1 Å². The van der Waals surface area contributed by atoms with E-state index in [4.69, 9.17) is 11.6 Å². The van der Waals surface area contributed by atoms with Crippen molar-refractivity contribution in [3.63, 3.8) is 0 Å². The molecule has 0 aliphatic heterocycles. The maximum atomic E-state index is 12.3. The molecule has 4 nitrogen and oxygen atoms in total. The SMILES string of the molecule is Cc1ccc(NC(=O)c2ccc(NC3CCCCC3)cn2)cc1Cl.